The van der Waals surface area contributed by atoms with Gasteiger partial charge in [-0.25, -0.2) is 4.79 Å². The molecular formula is C25H28O5. The van der Waals surface area contributed by atoms with E-state index < -0.39 is 11.4 Å². The summed E-state index contributed by atoms with van der Waals surface area (Å²) in [7, 11) is 0. The second-order valence-electron chi connectivity index (χ2n) is 7.71. The highest BCUT2D eigenvalue weighted by Crippen LogP contribution is 2.23. The molecule has 0 aromatic heterocycles. The maximum atomic E-state index is 12.3. The van der Waals surface area contributed by atoms with E-state index in [4.69, 9.17) is 20.6 Å². The van der Waals surface area contributed by atoms with Gasteiger partial charge in [0.1, 0.15) is 30.5 Å². The Morgan fingerprint density at radius 2 is 1.50 bits per heavy atom. The first-order valence-corrected chi connectivity index (χ1v) is 9.92. The quantitative estimate of drug-likeness (QED) is 0.317. The van der Waals surface area contributed by atoms with E-state index in [9.17, 15) is 9.59 Å². The second kappa shape index (κ2) is 10.5. The summed E-state index contributed by atoms with van der Waals surface area (Å²) in [5, 5.41) is 0. The van der Waals surface area contributed by atoms with E-state index in [1.54, 1.807) is 48.5 Å². The molecule has 0 fully saturated rings. The first kappa shape index (κ1) is 23.0. The molecule has 0 spiro atoms. The highest BCUT2D eigenvalue weighted by atomic mass is 16.5. The Morgan fingerprint density at radius 3 is 2.07 bits per heavy atom. The van der Waals surface area contributed by atoms with Crippen LogP contribution in [0.25, 0.3) is 0 Å². The molecule has 0 aliphatic heterocycles. The monoisotopic (exact) mass is 408 g/mol. The molecule has 0 aliphatic rings. The zero-order valence-corrected chi connectivity index (χ0v) is 17.9. The molecule has 2 rings (SSSR count). The number of rotatable bonds is 10. The van der Waals surface area contributed by atoms with Crippen LogP contribution < -0.4 is 14.2 Å². The summed E-state index contributed by atoms with van der Waals surface area (Å²) in [4.78, 5) is 24.5. The molecule has 30 heavy (non-hydrogen) atoms. The van der Waals surface area contributed by atoms with Gasteiger partial charge in [-0.1, -0.05) is 20.8 Å². The zero-order valence-electron chi connectivity index (χ0n) is 17.9. The van der Waals surface area contributed by atoms with E-state index in [0.29, 0.717) is 29.4 Å². The number of ether oxygens (including phenoxy) is 3. The van der Waals surface area contributed by atoms with Crippen LogP contribution in [-0.4, -0.2) is 25.0 Å². The summed E-state index contributed by atoms with van der Waals surface area (Å²) in [5.74, 6) is 3.73. The number of carbonyl (C=O) groups excluding carboxylic acids is 2. The molecule has 0 saturated heterocycles. The summed E-state index contributed by atoms with van der Waals surface area (Å²) < 4.78 is 16.5. The molecule has 0 N–H and O–H groups in total. The molecule has 2 aromatic carbocycles. The third-order valence-corrected chi connectivity index (χ3v) is 4.92. The Bertz CT molecular complexity index is 889. The van der Waals surface area contributed by atoms with Crippen LogP contribution in [0, 0.1) is 23.7 Å². The maximum absolute atomic E-state index is 12.3. The van der Waals surface area contributed by atoms with E-state index in [1.165, 1.54) is 0 Å². The van der Waals surface area contributed by atoms with Crippen LogP contribution in [0.2, 0.25) is 0 Å². The largest absolute Gasteiger partial charge is 0.492 e. The summed E-state index contributed by atoms with van der Waals surface area (Å²) >= 11 is 0. The van der Waals surface area contributed by atoms with Gasteiger partial charge in [-0.2, -0.15) is 0 Å². The van der Waals surface area contributed by atoms with Crippen LogP contribution in [0.5, 0.6) is 17.2 Å². The van der Waals surface area contributed by atoms with Crippen LogP contribution in [0.4, 0.5) is 0 Å². The van der Waals surface area contributed by atoms with E-state index >= 15 is 0 Å². The number of hydrogen-bond donors (Lipinski definition) is 0. The fraction of sp³-hybridized carbons (Fsp3) is 0.360. The lowest BCUT2D eigenvalue weighted by atomic mass is 9.86. The predicted octanol–water partition coefficient (Wildman–Crippen LogP) is 4.94. The van der Waals surface area contributed by atoms with E-state index in [2.05, 4.69) is 5.92 Å². The third kappa shape index (κ3) is 6.66. The van der Waals surface area contributed by atoms with E-state index in [0.717, 1.165) is 6.42 Å². The van der Waals surface area contributed by atoms with Gasteiger partial charge in [0, 0.05) is 5.41 Å². The fourth-order valence-corrected chi connectivity index (χ4v) is 2.27. The molecule has 0 amide bonds. The maximum Gasteiger partial charge on any atom is 0.343 e. The standard InChI is InChI=1S/C25H28O5/c1-6-18(3)16-28-20-10-8-19(9-11-20)24(27)30-22-14-12-21(13-15-22)29-17-23(26)25(4,5)7-2/h1,8-15,18H,7,16-17H2,2-5H3. The van der Waals surface area contributed by atoms with Gasteiger partial charge in [0.2, 0.25) is 0 Å². The predicted molar refractivity (Wildman–Crippen MR) is 116 cm³/mol. The minimum atomic E-state index is -0.480. The highest BCUT2D eigenvalue weighted by molar-refractivity contribution is 5.91. The Balaban J connectivity index is 1.88. The lowest BCUT2D eigenvalue weighted by Gasteiger charge is -2.20. The smallest absolute Gasteiger partial charge is 0.343 e. The number of hydrogen-bond acceptors (Lipinski definition) is 5. The topological polar surface area (TPSA) is 61.8 Å². The molecule has 1 atom stereocenters. The SMILES string of the molecule is C#CC(C)COc1ccc(C(=O)Oc2ccc(OCC(=O)C(C)(C)CC)cc2)cc1. The van der Waals surface area contributed by atoms with Gasteiger partial charge in [-0.3, -0.25) is 4.79 Å². The lowest BCUT2D eigenvalue weighted by Crippen LogP contribution is -2.28. The number of terminal acetylenes is 1. The van der Waals surface area contributed by atoms with Gasteiger partial charge in [0.25, 0.3) is 0 Å². The van der Waals surface area contributed by atoms with E-state index in [-0.39, 0.29) is 18.3 Å². The van der Waals surface area contributed by atoms with Crippen LogP contribution in [-0.2, 0) is 4.79 Å². The summed E-state index contributed by atoms with van der Waals surface area (Å²) in [6.07, 6.45) is 6.07. The first-order chi connectivity index (χ1) is 14.2. The molecule has 0 aliphatic carbocycles. The fourth-order valence-electron chi connectivity index (χ4n) is 2.27. The molecule has 5 heteroatoms. The average molecular weight is 408 g/mol. The summed E-state index contributed by atoms with van der Waals surface area (Å²) in [6, 6.07) is 13.3. The van der Waals surface area contributed by atoms with Gasteiger partial charge in [-0.05, 0) is 61.9 Å². The van der Waals surface area contributed by atoms with Gasteiger partial charge in [0.15, 0.2) is 5.78 Å². The molecular weight excluding hydrogens is 380 g/mol. The molecule has 0 radical (unpaired) electrons. The van der Waals surface area contributed by atoms with Crippen molar-refractivity contribution in [3.05, 3.63) is 54.1 Å². The minimum absolute atomic E-state index is 0.00845. The summed E-state index contributed by atoms with van der Waals surface area (Å²) in [6.45, 7) is 8.09. The molecule has 5 nitrogen and oxygen atoms in total. The van der Waals surface area contributed by atoms with Crippen molar-refractivity contribution >= 4 is 11.8 Å². The number of esters is 1. The van der Waals surface area contributed by atoms with Crippen LogP contribution in [0.3, 0.4) is 0 Å². The average Bonchev–Trinajstić information content (AvgIpc) is 2.76. The van der Waals surface area contributed by atoms with Gasteiger partial charge >= 0.3 is 5.97 Å². The van der Waals surface area contributed by atoms with Crippen molar-refractivity contribution in [3.8, 4) is 29.6 Å². The Morgan fingerprint density at radius 1 is 0.967 bits per heavy atom. The molecule has 2 aromatic rings. The minimum Gasteiger partial charge on any atom is -0.492 e. The van der Waals surface area contributed by atoms with Crippen LogP contribution in [0.1, 0.15) is 44.5 Å². The van der Waals surface area contributed by atoms with Gasteiger partial charge < -0.3 is 14.2 Å². The number of Topliss-reactive ketones (excluding diaryl/α,β-unsaturated/α-hetero) is 1. The van der Waals surface area contributed by atoms with E-state index in [1.807, 2.05) is 27.7 Å². The van der Waals surface area contributed by atoms with Gasteiger partial charge in [-0.15, -0.1) is 12.3 Å². The number of carbonyl (C=O) groups is 2. The molecule has 158 valence electrons. The molecule has 0 heterocycles. The van der Waals surface area contributed by atoms with Crippen molar-refractivity contribution in [1.29, 1.82) is 0 Å². The Labute approximate surface area is 178 Å². The lowest BCUT2D eigenvalue weighted by molar-refractivity contribution is -0.129. The van der Waals surface area contributed by atoms with Gasteiger partial charge in [0.05, 0.1) is 11.5 Å². The van der Waals surface area contributed by atoms with Crippen molar-refractivity contribution < 1.29 is 23.8 Å². The number of benzene rings is 2. The normalized spacial score (nSPS) is 11.8. The number of ketones is 1. The van der Waals surface area contributed by atoms with Crippen LogP contribution >= 0.6 is 0 Å². The second-order valence-corrected chi connectivity index (χ2v) is 7.71. The first-order valence-electron chi connectivity index (χ1n) is 9.92. The van der Waals surface area contributed by atoms with Crippen LogP contribution in [0.15, 0.2) is 48.5 Å². The Hall–Kier alpha value is -3.26. The van der Waals surface area contributed by atoms with Crippen molar-refractivity contribution in [2.24, 2.45) is 11.3 Å². The highest BCUT2D eigenvalue weighted by Gasteiger charge is 2.25. The van der Waals surface area contributed by atoms with Crippen molar-refractivity contribution in [2.75, 3.05) is 13.2 Å². The van der Waals surface area contributed by atoms with Crippen molar-refractivity contribution in [3.63, 3.8) is 0 Å². The molecule has 0 saturated carbocycles. The Kier molecular flexibility index (Phi) is 8.06. The summed E-state index contributed by atoms with van der Waals surface area (Å²) in [5.41, 5.74) is -0.00429. The zero-order chi connectivity index (χ0) is 22.1. The molecule has 1 unspecified atom stereocenters. The van der Waals surface area contributed by atoms with Crippen molar-refractivity contribution in [2.45, 2.75) is 34.1 Å². The third-order valence-electron chi connectivity index (χ3n) is 4.92. The molecule has 0 bridgehead atoms. The van der Waals surface area contributed by atoms with Crippen molar-refractivity contribution in [1.82, 2.24) is 0 Å².